The summed E-state index contributed by atoms with van der Waals surface area (Å²) in [6, 6.07) is 0. The number of hydrogen-bond acceptors (Lipinski definition) is 3. The van der Waals surface area contributed by atoms with Gasteiger partial charge >= 0.3 is 5.97 Å². The lowest BCUT2D eigenvalue weighted by Crippen LogP contribution is -2.43. The Labute approximate surface area is 105 Å². The highest BCUT2D eigenvalue weighted by atomic mass is 16.5. The standard InChI is InChI=1S/C14H27NO2/c1-2-3-4-8-11-17-13(16)12-14(15)9-6-5-7-10-14/h2-12,15H2,1H3. The Balaban J connectivity index is 2.11. The molecule has 0 radical (unpaired) electrons. The fraction of sp³-hybridized carbons (Fsp3) is 0.929. The normalized spacial score (nSPS) is 18.9. The Kier molecular flexibility index (Phi) is 6.56. The largest absolute Gasteiger partial charge is 0.466 e. The van der Waals surface area contributed by atoms with Gasteiger partial charge in [-0.15, -0.1) is 0 Å². The summed E-state index contributed by atoms with van der Waals surface area (Å²) in [7, 11) is 0. The first-order chi connectivity index (χ1) is 8.16. The van der Waals surface area contributed by atoms with Crippen molar-refractivity contribution in [3.63, 3.8) is 0 Å². The summed E-state index contributed by atoms with van der Waals surface area (Å²) in [6.45, 7) is 2.74. The molecule has 1 aliphatic rings. The van der Waals surface area contributed by atoms with Gasteiger partial charge < -0.3 is 10.5 Å². The molecule has 0 spiro atoms. The highest BCUT2D eigenvalue weighted by molar-refractivity contribution is 5.70. The van der Waals surface area contributed by atoms with E-state index >= 15 is 0 Å². The first-order valence-corrected chi connectivity index (χ1v) is 7.11. The zero-order chi connectivity index (χ0) is 12.6. The van der Waals surface area contributed by atoms with E-state index in [0.29, 0.717) is 13.0 Å². The van der Waals surface area contributed by atoms with E-state index in [-0.39, 0.29) is 11.5 Å². The summed E-state index contributed by atoms with van der Waals surface area (Å²) in [5.74, 6) is -0.106. The lowest BCUT2D eigenvalue weighted by molar-refractivity contribution is -0.145. The minimum absolute atomic E-state index is 0.106. The van der Waals surface area contributed by atoms with E-state index in [9.17, 15) is 4.79 Å². The quantitative estimate of drug-likeness (QED) is 0.550. The van der Waals surface area contributed by atoms with Crippen LogP contribution in [0.5, 0.6) is 0 Å². The molecule has 0 atom stereocenters. The molecule has 0 unspecified atom stereocenters. The second-order valence-corrected chi connectivity index (χ2v) is 5.38. The van der Waals surface area contributed by atoms with Crippen LogP contribution in [0.15, 0.2) is 0 Å². The van der Waals surface area contributed by atoms with Crippen molar-refractivity contribution in [3.05, 3.63) is 0 Å². The number of hydrogen-bond donors (Lipinski definition) is 1. The molecule has 1 rings (SSSR count). The first kappa shape index (κ1) is 14.5. The topological polar surface area (TPSA) is 52.3 Å². The molecule has 0 aromatic rings. The van der Waals surface area contributed by atoms with Gasteiger partial charge in [-0.2, -0.15) is 0 Å². The number of rotatable bonds is 7. The number of esters is 1. The Hall–Kier alpha value is -0.570. The van der Waals surface area contributed by atoms with Gasteiger partial charge in [0, 0.05) is 5.54 Å². The lowest BCUT2D eigenvalue weighted by atomic mass is 9.80. The van der Waals surface area contributed by atoms with Crippen molar-refractivity contribution in [2.45, 2.75) is 76.7 Å². The summed E-state index contributed by atoms with van der Waals surface area (Å²) in [5, 5.41) is 0. The van der Waals surface area contributed by atoms with Crippen LogP contribution in [0.4, 0.5) is 0 Å². The Morgan fingerprint density at radius 2 is 1.88 bits per heavy atom. The number of carbonyl (C=O) groups is 1. The van der Waals surface area contributed by atoms with E-state index in [4.69, 9.17) is 10.5 Å². The molecule has 0 aromatic heterocycles. The maximum atomic E-state index is 11.6. The summed E-state index contributed by atoms with van der Waals surface area (Å²) < 4.78 is 5.24. The minimum atomic E-state index is -0.279. The molecule has 100 valence electrons. The second kappa shape index (κ2) is 7.70. The van der Waals surface area contributed by atoms with Gasteiger partial charge in [-0.05, 0) is 19.3 Å². The van der Waals surface area contributed by atoms with E-state index in [1.54, 1.807) is 0 Å². The van der Waals surface area contributed by atoms with Crippen LogP contribution >= 0.6 is 0 Å². The van der Waals surface area contributed by atoms with E-state index in [2.05, 4.69) is 6.92 Å². The third-order valence-corrected chi connectivity index (χ3v) is 3.61. The van der Waals surface area contributed by atoms with Crippen LogP contribution in [0.3, 0.4) is 0 Å². The Morgan fingerprint density at radius 3 is 2.53 bits per heavy atom. The number of unbranched alkanes of at least 4 members (excludes halogenated alkanes) is 3. The molecule has 0 heterocycles. The van der Waals surface area contributed by atoms with Crippen LogP contribution in [-0.4, -0.2) is 18.1 Å². The lowest BCUT2D eigenvalue weighted by Gasteiger charge is -2.32. The number of nitrogens with two attached hydrogens (primary N) is 1. The van der Waals surface area contributed by atoms with Gasteiger partial charge in [-0.25, -0.2) is 0 Å². The molecule has 0 aliphatic heterocycles. The van der Waals surface area contributed by atoms with Crippen LogP contribution in [0.2, 0.25) is 0 Å². The SMILES string of the molecule is CCCCCCOC(=O)CC1(N)CCCCC1. The smallest absolute Gasteiger partial charge is 0.307 e. The molecule has 1 fully saturated rings. The van der Waals surface area contributed by atoms with Crippen molar-refractivity contribution in [1.29, 1.82) is 0 Å². The average molecular weight is 241 g/mol. The van der Waals surface area contributed by atoms with E-state index < -0.39 is 0 Å². The van der Waals surface area contributed by atoms with Crippen LogP contribution in [0.25, 0.3) is 0 Å². The van der Waals surface area contributed by atoms with Crippen molar-refractivity contribution >= 4 is 5.97 Å². The van der Waals surface area contributed by atoms with Crippen molar-refractivity contribution in [2.75, 3.05) is 6.61 Å². The van der Waals surface area contributed by atoms with E-state index in [0.717, 1.165) is 38.5 Å². The summed E-state index contributed by atoms with van der Waals surface area (Å²) >= 11 is 0. The predicted molar refractivity (Wildman–Crippen MR) is 69.7 cm³/mol. The van der Waals surface area contributed by atoms with Crippen LogP contribution in [-0.2, 0) is 9.53 Å². The predicted octanol–water partition coefficient (Wildman–Crippen LogP) is 3.16. The van der Waals surface area contributed by atoms with Crippen molar-refractivity contribution in [1.82, 2.24) is 0 Å². The highest BCUT2D eigenvalue weighted by Crippen LogP contribution is 2.28. The van der Waals surface area contributed by atoms with Gasteiger partial charge in [0.1, 0.15) is 0 Å². The number of ether oxygens (including phenoxy) is 1. The molecule has 3 nitrogen and oxygen atoms in total. The Morgan fingerprint density at radius 1 is 1.18 bits per heavy atom. The molecule has 0 bridgehead atoms. The maximum absolute atomic E-state index is 11.6. The fourth-order valence-electron chi connectivity index (χ4n) is 2.49. The van der Waals surface area contributed by atoms with Crippen LogP contribution in [0, 0.1) is 0 Å². The molecular formula is C14H27NO2. The monoisotopic (exact) mass is 241 g/mol. The van der Waals surface area contributed by atoms with Gasteiger partial charge in [0.05, 0.1) is 13.0 Å². The zero-order valence-corrected chi connectivity index (χ0v) is 11.2. The first-order valence-electron chi connectivity index (χ1n) is 7.11. The molecule has 2 N–H and O–H groups in total. The molecule has 0 aromatic carbocycles. The summed E-state index contributed by atoms with van der Waals surface area (Å²) in [6.07, 6.45) is 10.5. The van der Waals surface area contributed by atoms with Crippen molar-refractivity contribution in [3.8, 4) is 0 Å². The van der Waals surface area contributed by atoms with E-state index in [1.807, 2.05) is 0 Å². The van der Waals surface area contributed by atoms with Gasteiger partial charge in [0.25, 0.3) is 0 Å². The second-order valence-electron chi connectivity index (χ2n) is 5.38. The minimum Gasteiger partial charge on any atom is -0.466 e. The molecular weight excluding hydrogens is 214 g/mol. The van der Waals surface area contributed by atoms with E-state index in [1.165, 1.54) is 19.3 Å². The molecule has 3 heteroatoms. The highest BCUT2D eigenvalue weighted by Gasteiger charge is 2.30. The summed E-state index contributed by atoms with van der Waals surface area (Å²) in [5.41, 5.74) is 5.93. The van der Waals surface area contributed by atoms with Gasteiger partial charge in [-0.3, -0.25) is 4.79 Å². The summed E-state index contributed by atoms with van der Waals surface area (Å²) in [4.78, 5) is 11.6. The molecule has 17 heavy (non-hydrogen) atoms. The van der Waals surface area contributed by atoms with Crippen molar-refractivity contribution in [2.24, 2.45) is 5.73 Å². The van der Waals surface area contributed by atoms with Crippen molar-refractivity contribution < 1.29 is 9.53 Å². The van der Waals surface area contributed by atoms with Gasteiger partial charge in [0.2, 0.25) is 0 Å². The van der Waals surface area contributed by atoms with Crippen LogP contribution < -0.4 is 5.73 Å². The maximum Gasteiger partial charge on any atom is 0.307 e. The third-order valence-electron chi connectivity index (χ3n) is 3.61. The molecule has 0 amide bonds. The van der Waals surface area contributed by atoms with Gasteiger partial charge in [0.15, 0.2) is 0 Å². The molecule has 1 saturated carbocycles. The van der Waals surface area contributed by atoms with Gasteiger partial charge in [-0.1, -0.05) is 45.4 Å². The third kappa shape index (κ3) is 6.06. The molecule has 1 aliphatic carbocycles. The number of carbonyl (C=O) groups excluding carboxylic acids is 1. The zero-order valence-electron chi connectivity index (χ0n) is 11.2. The Bertz CT molecular complexity index is 222. The molecule has 0 saturated heterocycles. The fourth-order valence-corrected chi connectivity index (χ4v) is 2.49. The van der Waals surface area contributed by atoms with Crippen LogP contribution in [0.1, 0.15) is 71.1 Å². The average Bonchev–Trinajstić information content (AvgIpc) is 2.29.